The Kier molecular flexibility index (Phi) is 11.0. The van der Waals surface area contributed by atoms with Gasteiger partial charge in [0.1, 0.15) is 13.2 Å². The van der Waals surface area contributed by atoms with Crippen molar-refractivity contribution in [2.75, 3.05) is 52.2 Å². The molecule has 5 N–H and O–H groups in total. The quantitative estimate of drug-likeness (QED) is 0.0716. The molecule has 8 aromatic rings. The number of carbonyl (C=O) groups is 1. The van der Waals surface area contributed by atoms with Gasteiger partial charge in [0, 0.05) is 98.2 Å². The average molecular weight is 847 g/mol. The summed E-state index contributed by atoms with van der Waals surface area (Å²) in [6.07, 6.45) is 7.75. The lowest BCUT2D eigenvalue weighted by Gasteiger charge is -2.24. The molecule has 4 aromatic heterocycles. The van der Waals surface area contributed by atoms with E-state index in [0.717, 1.165) is 110 Å². The number of anilines is 4. The second-order valence-electron chi connectivity index (χ2n) is 17.2. The number of aromatic amines is 2. The molecule has 0 atom stereocenters. The Morgan fingerprint density at radius 1 is 0.651 bits per heavy atom. The summed E-state index contributed by atoms with van der Waals surface area (Å²) in [7, 11) is 7.53. The number of benzene rings is 4. The number of rotatable bonds is 14. The van der Waals surface area contributed by atoms with Crippen molar-refractivity contribution in [2.45, 2.75) is 57.5 Å². The lowest BCUT2D eigenvalue weighted by Crippen LogP contribution is -2.40. The Labute approximate surface area is 366 Å². The third-order valence-corrected chi connectivity index (χ3v) is 12.2. The fourth-order valence-corrected chi connectivity index (χ4v) is 8.21. The zero-order chi connectivity index (χ0) is 43.9. The molecule has 10 rings (SSSR count). The van der Waals surface area contributed by atoms with Gasteiger partial charge in [-0.25, -0.2) is 0 Å². The molecule has 4 aromatic carbocycles. The van der Waals surface area contributed by atoms with E-state index < -0.39 is 0 Å². The van der Waals surface area contributed by atoms with Gasteiger partial charge < -0.3 is 49.8 Å². The molecule has 0 saturated heterocycles. The van der Waals surface area contributed by atoms with E-state index in [-0.39, 0.29) is 17.0 Å². The summed E-state index contributed by atoms with van der Waals surface area (Å²) in [6.45, 7) is 6.71. The van der Waals surface area contributed by atoms with Crippen molar-refractivity contribution in [1.29, 1.82) is 0 Å². The number of aromatic nitrogens is 4. The first-order valence-corrected chi connectivity index (χ1v) is 21.3. The Morgan fingerprint density at radius 2 is 1.14 bits per heavy atom. The highest BCUT2D eigenvalue weighted by Gasteiger charge is 2.46. The average Bonchev–Trinajstić information content (AvgIpc) is 4.16. The van der Waals surface area contributed by atoms with Crippen LogP contribution in [0.5, 0.6) is 23.0 Å². The van der Waals surface area contributed by atoms with E-state index in [1.165, 1.54) is 12.3 Å². The van der Waals surface area contributed by atoms with Crippen LogP contribution in [0.25, 0.3) is 43.6 Å². The molecule has 13 heteroatoms. The first-order chi connectivity index (χ1) is 30.4. The van der Waals surface area contributed by atoms with Crippen molar-refractivity contribution in [3.8, 4) is 23.0 Å². The maximum absolute atomic E-state index is 11.5. The van der Waals surface area contributed by atoms with Crippen molar-refractivity contribution >= 4 is 72.3 Å². The number of amides is 1. The highest BCUT2D eigenvalue weighted by molar-refractivity contribution is 5.97. The summed E-state index contributed by atoms with van der Waals surface area (Å²) in [6, 6.07) is 28.6. The number of aryl methyl sites for hydroxylation is 2. The molecule has 2 fully saturated rings. The normalized spacial score (nSPS) is 14.6. The van der Waals surface area contributed by atoms with Crippen molar-refractivity contribution in [3.63, 3.8) is 0 Å². The predicted molar refractivity (Wildman–Crippen MR) is 252 cm³/mol. The van der Waals surface area contributed by atoms with E-state index in [1.54, 1.807) is 20.4 Å². The Balaban J connectivity index is 0.000000160. The van der Waals surface area contributed by atoms with Gasteiger partial charge in [-0.15, -0.1) is 0 Å². The van der Waals surface area contributed by atoms with Gasteiger partial charge in [0.2, 0.25) is 5.91 Å². The second-order valence-corrected chi connectivity index (χ2v) is 17.2. The molecule has 2 saturated carbocycles. The number of pyridine rings is 2. The Bertz CT molecular complexity index is 2980. The van der Waals surface area contributed by atoms with E-state index in [1.807, 2.05) is 42.6 Å². The zero-order valence-corrected chi connectivity index (χ0v) is 36.9. The van der Waals surface area contributed by atoms with Crippen LogP contribution in [0.3, 0.4) is 0 Å². The lowest BCUT2D eigenvalue weighted by atomic mass is 10.1. The van der Waals surface area contributed by atoms with Gasteiger partial charge in [0.05, 0.1) is 36.3 Å². The van der Waals surface area contributed by atoms with Crippen LogP contribution in [0.15, 0.2) is 97.3 Å². The van der Waals surface area contributed by atoms with Crippen molar-refractivity contribution in [2.24, 2.45) is 0 Å². The zero-order valence-electron chi connectivity index (χ0n) is 36.9. The van der Waals surface area contributed by atoms with Crippen LogP contribution in [-0.4, -0.2) is 83.3 Å². The highest BCUT2D eigenvalue weighted by Crippen LogP contribution is 2.43. The molecule has 4 heterocycles. The van der Waals surface area contributed by atoms with E-state index in [2.05, 4.69) is 117 Å². The molecule has 1 amide bonds. The molecular weight excluding hydrogens is 793 g/mol. The topological polar surface area (TPSA) is 151 Å². The van der Waals surface area contributed by atoms with Gasteiger partial charge in [0.25, 0.3) is 0 Å². The minimum absolute atomic E-state index is 0.0399. The number of hydrogen-bond donors (Lipinski definition) is 5. The number of H-pyrrole nitrogens is 2. The molecule has 13 nitrogen and oxygen atoms in total. The monoisotopic (exact) mass is 846 g/mol. The van der Waals surface area contributed by atoms with Crippen LogP contribution in [0.1, 0.15) is 44.0 Å². The summed E-state index contributed by atoms with van der Waals surface area (Å²) in [5.74, 6) is 2.66. The van der Waals surface area contributed by atoms with Crippen LogP contribution in [0, 0.1) is 13.8 Å². The number of fused-ring (bicyclic) bond motifs is 4. The van der Waals surface area contributed by atoms with E-state index in [4.69, 9.17) is 18.9 Å². The van der Waals surface area contributed by atoms with Gasteiger partial charge in [-0.1, -0.05) is 0 Å². The standard InChI is InChI=1S/C25H26N4O3.C25H28N4O2/c1-15-10-17-11-18(4-5-20(17)27-15)28-21-6-9-26-22-13-24(23(31-3)12-19(21)22)32-14-25(7-8-25)29-16(2)30;1-16-11-17-12-18(5-6-20(17)27-16)28-21-7-10-26-22-14-24(23(30-4)13-19(21)22)31-15-25(8-9-25)29(2)3/h4-6,9-13,27H,7-8,14H2,1-3H3,(H,26,28)(H,29,30);5-7,10-14,27H,8-9,15H2,1-4H3,(H,26,28). The fourth-order valence-electron chi connectivity index (χ4n) is 8.21. The largest absolute Gasteiger partial charge is 0.493 e. The summed E-state index contributed by atoms with van der Waals surface area (Å²) < 4.78 is 23.6. The van der Waals surface area contributed by atoms with Gasteiger partial charge in [-0.05, 0) is 126 Å². The SMILES string of the molecule is COc1cc2c(Nc3ccc4[nH]c(C)cc4c3)ccnc2cc1OCC1(N(C)C)CC1.COc1cc2c(Nc3ccc4[nH]c(C)cc4c3)ccnc2cc1OCC1(NC(C)=O)CC1. The number of carbonyl (C=O) groups excluding carboxylic acids is 1. The van der Waals surface area contributed by atoms with E-state index in [9.17, 15) is 4.79 Å². The molecule has 0 radical (unpaired) electrons. The van der Waals surface area contributed by atoms with E-state index >= 15 is 0 Å². The molecular formula is C50H54N8O5. The van der Waals surface area contributed by atoms with Crippen LogP contribution in [0.4, 0.5) is 22.7 Å². The molecule has 0 bridgehead atoms. The van der Waals surface area contributed by atoms with Gasteiger partial charge in [-0.3, -0.25) is 14.8 Å². The summed E-state index contributed by atoms with van der Waals surface area (Å²) in [5.41, 5.74) is 10.0. The molecule has 0 unspecified atom stereocenters. The van der Waals surface area contributed by atoms with Crippen molar-refractivity contribution < 1.29 is 23.7 Å². The smallest absolute Gasteiger partial charge is 0.217 e. The maximum atomic E-state index is 11.5. The van der Waals surface area contributed by atoms with E-state index in [0.29, 0.717) is 24.7 Å². The number of likely N-dealkylation sites (N-methyl/N-ethyl adjacent to an activating group) is 1. The molecule has 2 aliphatic rings. The number of hydrogen-bond acceptors (Lipinski definition) is 10. The van der Waals surface area contributed by atoms with Crippen LogP contribution >= 0.6 is 0 Å². The molecule has 2 aliphatic carbocycles. The summed E-state index contributed by atoms with van der Waals surface area (Å²) in [4.78, 5) is 29.5. The number of methoxy groups -OCH3 is 2. The lowest BCUT2D eigenvalue weighted by molar-refractivity contribution is -0.120. The predicted octanol–water partition coefficient (Wildman–Crippen LogP) is 10.1. The minimum Gasteiger partial charge on any atom is -0.493 e. The minimum atomic E-state index is -0.266. The van der Waals surface area contributed by atoms with Gasteiger partial charge in [-0.2, -0.15) is 0 Å². The van der Waals surface area contributed by atoms with Crippen molar-refractivity contribution in [1.82, 2.24) is 30.2 Å². The summed E-state index contributed by atoms with van der Waals surface area (Å²) in [5, 5.41) is 14.3. The number of ether oxygens (including phenoxy) is 4. The third-order valence-electron chi connectivity index (χ3n) is 12.2. The summed E-state index contributed by atoms with van der Waals surface area (Å²) >= 11 is 0. The molecule has 63 heavy (non-hydrogen) atoms. The van der Waals surface area contributed by atoms with Gasteiger partial charge >= 0.3 is 0 Å². The van der Waals surface area contributed by atoms with Crippen LogP contribution in [-0.2, 0) is 4.79 Å². The molecule has 324 valence electrons. The van der Waals surface area contributed by atoms with Gasteiger partial charge in [0.15, 0.2) is 23.0 Å². The van der Waals surface area contributed by atoms with Crippen LogP contribution < -0.4 is 34.9 Å². The fraction of sp³-hybridized carbons (Fsp3) is 0.300. The second kappa shape index (κ2) is 16.7. The molecule has 0 spiro atoms. The number of nitrogens with zero attached hydrogens (tertiary/aromatic N) is 3. The van der Waals surface area contributed by atoms with Crippen LogP contribution in [0.2, 0.25) is 0 Å². The van der Waals surface area contributed by atoms with Crippen molar-refractivity contribution in [3.05, 3.63) is 109 Å². The Morgan fingerprint density at radius 3 is 1.57 bits per heavy atom. The number of nitrogens with one attached hydrogen (secondary N) is 5. The highest BCUT2D eigenvalue weighted by atomic mass is 16.5. The third kappa shape index (κ3) is 8.87. The first kappa shape index (κ1) is 41.4. The molecule has 0 aliphatic heterocycles. The maximum Gasteiger partial charge on any atom is 0.217 e. The first-order valence-electron chi connectivity index (χ1n) is 21.3. The Hall–Kier alpha value is -6.99.